The topological polar surface area (TPSA) is 94.8 Å². The third kappa shape index (κ3) is 4.19. The summed E-state index contributed by atoms with van der Waals surface area (Å²) in [5, 5.41) is 21.1. The van der Waals surface area contributed by atoms with Crippen LogP contribution in [0.4, 0.5) is 0 Å². The largest absolute Gasteiger partial charge is 0.506 e. The highest BCUT2D eigenvalue weighted by Crippen LogP contribution is 2.39. The number of rotatable bonds is 6. The number of piperazine rings is 1. The van der Waals surface area contributed by atoms with Gasteiger partial charge in [-0.15, -0.1) is 0 Å². The van der Waals surface area contributed by atoms with E-state index in [-0.39, 0.29) is 29.7 Å². The second-order valence-corrected chi connectivity index (χ2v) is 8.22. The van der Waals surface area contributed by atoms with E-state index in [1.54, 1.807) is 16.9 Å². The maximum Gasteiger partial charge on any atom is 0.295 e. The number of nitrogens with zero attached hydrogens (tertiary/aromatic N) is 3. The Morgan fingerprint density at radius 2 is 1.64 bits per heavy atom. The minimum Gasteiger partial charge on any atom is -0.506 e. The van der Waals surface area contributed by atoms with E-state index < -0.39 is 17.9 Å². The average Bonchev–Trinajstić information content (AvgIpc) is 2.84. The van der Waals surface area contributed by atoms with E-state index in [0.717, 1.165) is 11.1 Å². The Balaban J connectivity index is 1.90. The summed E-state index contributed by atoms with van der Waals surface area (Å²) in [7, 11) is 3.02. The van der Waals surface area contributed by atoms with Crippen molar-refractivity contribution in [1.29, 1.82) is 0 Å². The number of benzene rings is 2. The van der Waals surface area contributed by atoms with Crippen LogP contribution in [0.1, 0.15) is 24.0 Å². The Kier molecular flexibility index (Phi) is 6.67. The van der Waals surface area contributed by atoms with E-state index in [1.807, 2.05) is 67.6 Å². The van der Waals surface area contributed by atoms with Gasteiger partial charge in [0, 0.05) is 19.6 Å². The van der Waals surface area contributed by atoms with Gasteiger partial charge in [0.1, 0.15) is 0 Å². The van der Waals surface area contributed by atoms with Crippen LogP contribution in [-0.4, -0.2) is 77.6 Å². The van der Waals surface area contributed by atoms with Crippen LogP contribution in [0.2, 0.25) is 0 Å². The van der Waals surface area contributed by atoms with Gasteiger partial charge in [0.25, 0.3) is 11.9 Å². The standard InChI is InChI=1S/C25H29N3O5/c1-16(15-32-2)27-14-19(28-21(24(27)31)22(29)23(30)26-25(28)33-3)20(17-10-6-4-7-11-17)18-12-8-5-9-13-18/h4-13,16,19-20,23,29-30H,14-15H2,1-3H3. The minimum atomic E-state index is -1.57. The summed E-state index contributed by atoms with van der Waals surface area (Å²) in [6.45, 7) is 2.57. The molecule has 3 atom stereocenters. The van der Waals surface area contributed by atoms with Crippen molar-refractivity contribution in [3.8, 4) is 0 Å². The lowest BCUT2D eigenvalue weighted by Crippen LogP contribution is -2.62. The zero-order valence-electron chi connectivity index (χ0n) is 19.0. The van der Waals surface area contributed by atoms with Crippen LogP contribution in [0, 0.1) is 0 Å². The zero-order chi connectivity index (χ0) is 23.5. The lowest BCUT2D eigenvalue weighted by molar-refractivity contribution is -0.137. The SMILES string of the molecule is COCC(C)N1CC(C(c2ccccc2)c2ccccc2)N2C(OC)=NC(O)C(O)=C2C1=O. The molecular formula is C25H29N3O5. The summed E-state index contributed by atoms with van der Waals surface area (Å²) in [4.78, 5) is 20.9. The molecule has 2 heterocycles. The molecule has 0 spiro atoms. The van der Waals surface area contributed by atoms with Gasteiger partial charge in [-0.05, 0) is 18.1 Å². The Morgan fingerprint density at radius 3 is 2.15 bits per heavy atom. The maximum absolute atomic E-state index is 13.5. The molecule has 0 saturated carbocycles. The first-order valence-corrected chi connectivity index (χ1v) is 10.9. The van der Waals surface area contributed by atoms with Crippen molar-refractivity contribution >= 4 is 11.9 Å². The Labute approximate surface area is 193 Å². The summed E-state index contributed by atoms with van der Waals surface area (Å²) in [5.41, 5.74) is 2.07. The maximum atomic E-state index is 13.5. The highest BCUT2D eigenvalue weighted by molar-refractivity contribution is 6.00. The van der Waals surface area contributed by atoms with Gasteiger partial charge in [0.15, 0.2) is 11.5 Å². The summed E-state index contributed by atoms with van der Waals surface area (Å²) < 4.78 is 10.8. The first-order chi connectivity index (χ1) is 16.0. The van der Waals surface area contributed by atoms with Crippen LogP contribution in [0.25, 0.3) is 0 Å². The number of amidine groups is 1. The number of carbonyl (C=O) groups excluding carboxylic acids is 1. The first-order valence-electron chi connectivity index (χ1n) is 10.9. The smallest absolute Gasteiger partial charge is 0.295 e. The van der Waals surface area contributed by atoms with Crippen LogP contribution in [0.5, 0.6) is 0 Å². The molecule has 2 N–H and O–H groups in total. The lowest BCUT2D eigenvalue weighted by atomic mass is 9.82. The summed E-state index contributed by atoms with van der Waals surface area (Å²) in [6.07, 6.45) is -1.57. The van der Waals surface area contributed by atoms with Crippen molar-refractivity contribution in [2.45, 2.75) is 31.2 Å². The van der Waals surface area contributed by atoms with Crippen LogP contribution >= 0.6 is 0 Å². The van der Waals surface area contributed by atoms with E-state index in [9.17, 15) is 15.0 Å². The molecule has 8 heteroatoms. The molecule has 3 unspecified atom stereocenters. The molecule has 174 valence electrons. The number of hydrogen-bond acceptors (Lipinski definition) is 7. The molecule has 0 radical (unpaired) electrons. The predicted molar refractivity (Wildman–Crippen MR) is 124 cm³/mol. The molecule has 2 aromatic carbocycles. The molecule has 0 bridgehead atoms. The van der Waals surface area contributed by atoms with E-state index >= 15 is 0 Å². The van der Waals surface area contributed by atoms with E-state index in [4.69, 9.17) is 9.47 Å². The fraction of sp³-hybridized carbons (Fsp3) is 0.360. The van der Waals surface area contributed by atoms with E-state index in [2.05, 4.69) is 4.99 Å². The van der Waals surface area contributed by atoms with E-state index in [0.29, 0.717) is 13.2 Å². The lowest BCUT2D eigenvalue weighted by Gasteiger charge is -2.48. The number of methoxy groups -OCH3 is 2. The zero-order valence-corrected chi connectivity index (χ0v) is 19.0. The van der Waals surface area contributed by atoms with Crippen molar-refractivity contribution in [1.82, 2.24) is 9.80 Å². The van der Waals surface area contributed by atoms with Crippen LogP contribution in [-0.2, 0) is 14.3 Å². The Morgan fingerprint density at radius 1 is 1.06 bits per heavy atom. The van der Waals surface area contributed by atoms with Gasteiger partial charge >= 0.3 is 0 Å². The molecule has 33 heavy (non-hydrogen) atoms. The van der Waals surface area contributed by atoms with Crippen molar-refractivity contribution in [2.24, 2.45) is 4.99 Å². The van der Waals surface area contributed by atoms with Gasteiger partial charge in [-0.1, -0.05) is 60.7 Å². The van der Waals surface area contributed by atoms with Crippen molar-refractivity contribution in [3.63, 3.8) is 0 Å². The second-order valence-electron chi connectivity index (χ2n) is 8.22. The van der Waals surface area contributed by atoms with Crippen LogP contribution in [0.15, 0.2) is 77.1 Å². The van der Waals surface area contributed by atoms with Crippen LogP contribution < -0.4 is 0 Å². The Hall–Kier alpha value is -3.36. The molecular weight excluding hydrogens is 422 g/mol. The predicted octanol–water partition coefficient (Wildman–Crippen LogP) is 2.47. The number of aliphatic imine (C=N–C) groups is 1. The fourth-order valence-corrected chi connectivity index (χ4v) is 4.67. The molecule has 2 aliphatic heterocycles. The molecule has 1 amide bonds. The monoisotopic (exact) mass is 451 g/mol. The number of amides is 1. The number of hydrogen-bond donors (Lipinski definition) is 2. The van der Waals surface area contributed by atoms with Crippen molar-refractivity contribution in [2.75, 3.05) is 27.4 Å². The van der Waals surface area contributed by atoms with Crippen molar-refractivity contribution in [3.05, 3.63) is 83.2 Å². The molecule has 1 saturated heterocycles. The van der Waals surface area contributed by atoms with Gasteiger partial charge in [-0.2, -0.15) is 4.99 Å². The number of aliphatic hydroxyl groups excluding tert-OH is 2. The minimum absolute atomic E-state index is 0.0228. The Bertz CT molecular complexity index is 1000. The highest BCUT2D eigenvalue weighted by Gasteiger charge is 2.49. The second kappa shape index (κ2) is 9.64. The molecule has 8 nitrogen and oxygen atoms in total. The van der Waals surface area contributed by atoms with Crippen molar-refractivity contribution < 1.29 is 24.5 Å². The highest BCUT2D eigenvalue weighted by atomic mass is 16.5. The number of aliphatic hydroxyl groups is 2. The molecule has 4 rings (SSSR count). The number of fused-ring (bicyclic) bond motifs is 1. The number of ether oxygens (including phenoxy) is 2. The third-order valence-corrected chi connectivity index (χ3v) is 6.17. The summed E-state index contributed by atoms with van der Waals surface area (Å²) in [6, 6.07) is 19.5. The molecule has 1 fully saturated rings. The van der Waals surface area contributed by atoms with Crippen LogP contribution in [0.3, 0.4) is 0 Å². The van der Waals surface area contributed by atoms with Gasteiger partial charge in [-0.25, -0.2) is 0 Å². The third-order valence-electron chi connectivity index (χ3n) is 6.17. The first kappa shape index (κ1) is 22.8. The van der Waals surface area contributed by atoms with Gasteiger partial charge in [-0.3, -0.25) is 9.69 Å². The molecule has 0 aliphatic carbocycles. The average molecular weight is 452 g/mol. The summed E-state index contributed by atoms with van der Waals surface area (Å²) in [5.74, 6) is -1.08. The molecule has 0 aromatic heterocycles. The van der Waals surface area contributed by atoms with Gasteiger partial charge < -0.3 is 24.6 Å². The van der Waals surface area contributed by atoms with Gasteiger partial charge in [0.05, 0.1) is 25.8 Å². The molecule has 2 aromatic rings. The summed E-state index contributed by atoms with van der Waals surface area (Å²) >= 11 is 0. The number of carbonyl (C=O) groups is 1. The van der Waals surface area contributed by atoms with Gasteiger partial charge in [0.2, 0.25) is 6.23 Å². The fourth-order valence-electron chi connectivity index (χ4n) is 4.67. The van der Waals surface area contributed by atoms with E-state index in [1.165, 1.54) is 7.11 Å². The normalized spacial score (nSPS) is 21.7. The quantitative estimate of drug-likeness (QED) is 0.701. The molecule has 2 aliphatic rings.